The second-order valence-electron chi connectivity index (χ2n) is 7.65. The average molecular weight is 490 g/mol. The van der Waals surface area contributed by atoms with Crippen molar-refractivity contribution in [2.45, 2.75) is 31.0 Å². The third-order valence-electron chi connectivity index (χ3n) is 5.32. The van der Waals surface area contributed by atoms with Crippen LogP contribution in [-0.2, 0) is 17.8 Å². The highest BCUT2D eigenvalue weighted by atomic mass is 32.2. The van der Waals surface area contributed by atoms with E-state index in [9.17, 15) is 0 Å². The van der Waals surface area contributed by atoms with Gasteiger partial charge in [0.2, 0.25) is 0 Å². The maximum absolute atomic E-state index is 5.94. The van der Waals surface area contributed by atoms with Gasteiger partial charge >= 0.3 is 0 Å². The van der Waals surface area contributed by atoms with E-state index in [2.05, 4.69) is 88.8 Å². The molecule has 7 nitrogen and oxygen atoms in total. The minimum absolute atomic E-state index is 0. The molecule has 34 heavy (non-hydrogen) atoms. The number of ether oxygens (including phenoxy) is 2. The molecule has 1 unspecified atom stereocenters. The molecule has 4 rings (SSSR count). The molecule has 0 aliphatic carbocycles. The molecular formula is C26H39N3O4S. The number of benzene rings is 2. The molecule has 2 heterocycles. The van der Waals surface area contributed by atoms with Gasteiger partial charge in [0.1, 0.15) is 6.61 Å². The van der Waals surface area contributed by atoms with Crippen LogP contribution in [0.15, 0.2) is 71.8 Å². The Labute approximate surface area is 208 Å². The van der Waals surface area contributed by atoms with Crippen molar-refractivity contribution >= 4 is 17.6 Å². The third kappa shape index (κ3) is 8.00. The highest BCUT2D eigenvalue weighted by molar-refractivity contribution is 7.98. The summed E-state index contributed by atoms with van der Waals surface area (Å²) in [4.78, 5) is 8.38. The molecule has 0 bridgehead atoms. The molecule has 0 saturated carbocycles. The quantitative estimate of drug-likeness (QED) is 0.504. The van der Waals surface area contributed by atoms with Gasteiger partial charge in [0.15, 0.2) is 11.6 Å². The van der Waals surface area contributed by atoms with Crippen LogP contribution < -0.4 is 15.0 Å². The topological polar surface area (TPSA) is 110 Å². The lowest BCUT2D eigenvalue weighted by Crippen LogP contribution is -2.35. The molecule has 0 fully saturated rings. The molecule has 5 N–H and O–H groups in total. The van der Waals surface area contributed by atoms with Crippen molar-refractivity contribution in [2.24, 2.45) is 0 Å². The van der Waals surface area contributed by atoms with Crippen LogP contribution in [-0.4, -0.2) is 49.6 Å². The molecule has 1 aliphatic rings. The first-order valence-corrected chi connectivity index (χ1v) is 12.1. The number of nitrogens with zero attached hydrogens (tertiary/aromatic N) is 2. The third-order valence-corrected chi connectivity index (χ3v) is 6.06. The maximum atomic E-state index is 5.94. The van der Waals surface area contributed by atoms with Crippen LogP contribution in [0.4, 0.5) is 5.82 Å². The van der Waals surface area contributed by atoms with Gasteiger partial charge in [-0.1, -0.05) is 42.5 Å². The van der Waals surface area contributed by atoms with Gasteiger partial charge in [-0.15, -0.1) is 11.8 Å². The summed E-state index contributed by atoms with van der Waals surface area (Å²) in [7, 11) is 3.25. The van der Waals surface area contributed by atoms with Crippen LogP contribution in [0, 0.1) is 0 Å². The van der Waals surface area contributed by atoms with E-state index >= 15 is 0 Å². The summed E-state index contributed by atoms with van der Waals surface area (Å²) >= 11 is 1.77. The van der Waals surface area contributed by atoms with Crippen molar-refractivity contribution in [3.05, 3.63) is 83.6 Å². The van der Waals surface area contributed by atoms with Crippen LogP contribution in [0.2, 0.25) is 0 Å². The zero-order chi connectivity index (χ0) is 22.8. The van der Waals surface area contributed by atoms with Crippen molar-refractivity contribution in [3.8, 4) is 5.75 Å². The number of nitrogens with one attached hydrogen (secondary N) is 1. The van der Waals surface area contributed by atoms with Crippen molar-refractivity contribution in [2.75, 3.05) is 38.5 Å². The standard InChI is InChI=1S/C24H27N3OS.C2H6O.2H2O.H2/c1-18(21-6-4-3-5-7-21)27-12-13-28-23-14-20(17-26-24(23)27)16-25-15-19-8-10-22(29-2)11-9-19;1-3-2;;;/h3-11,14,17-18,25H,12-13,15-16H2,1-2H3;1-2H3;2*1H2;1H. The van der Waals surface area contributed by atoms with Crippen molar-refractivity contribution in [1.29, 1.82) is 0 Å². The first-order valence-electron chi connectivity index (χ1n) is 10.8. The van der Waals surface area contributed by atoms with Crippen molar-refractivity contribution in [1.82, 2.24) is 10.3 Å². The molecule has 2 aromatic carbocycles. The smallest absolute Gasteiger partial charge is 0.172 e. The number of thioether (sulfide) groups is 1. The zero-order valence-electron chi connectivity index (χ0n) is 20.4. The number of anilines is 1. The SMILES string of the molecule is COC.CSc1ccc(CNCc2cnc3c(c2)OCCN3C(C)c2ccccc2)cc1.O.O.[HH]. The van der Waals surface area contributed by atoms with E-state index < -0.39 is 0 Å². The minimum Gasteiger partial charge on any atom is -0.488 e. The summed E-state index contributed by atoms with van der Waals surface area (Å²) in [6.45, 7) is 5.36. The van der Waals surface area contributed by atoms with Gasteiger partial charge in [-0.05, 0) is 48.1 Å². The van der Waals surface area contributed by atoms with Gasteiger partial charge < -0.3 is 30.6 Å². The molecule has 0 amide bonds. The van der Waals surface area contributed by atoms with Crippen LogP contribution in [0.1, 0.15) is 31.1 Å². The molecule has 1 atom stereocenters. The average Bonchev–Trinajstić information content (AvgIpc) is 2.84. The fourth-order valence-corrected chi connectivity index (χ4v) is 4.05. The zero-order valence-corrected chi connectivity index (χ0v) is 21.2. The summed E-state index contributed by atoms with van der Waals surface area (Å²) in [6.07, 6.45) is 4.06. The number of pyridine rings is 1. The Morgan fingerprint density at radius 1 is 1.06 bits per heavy atom. The number of aromatic nitrogens is 1. The summed E-state index contributed by atoms with van der Waals surface area (Å²) < 4.78 is 10.2. The van der Waals surface area contributed by atoms with E-state index in [-0.39, 0.29) is 18.4 Å². The predicted molar refractivity (Wildman–Crippen MR) is 143 cm³/mol. The van der Waals surface area contributed by atoms with Gasteiger partial charge in [-0.25, -0.2) is 4.98 Å². The number of hydrogen-bond donors (Lipinski definition) is 1. The second-order valence-corrected chi connectivity index (χ2v) is 8.53. The Kier molecular flexibility index (Phi) is 13.2. The fraction of sp³-hybridized carbons (Fsp3) is 0.346. The van der Waals surface area contributed by atoms with Crippen LogP contribution >= 0.6 is 11.8 Å². The summed E-state index contributed by atoms with van der Waals surface area (Å²) in [5, 5.41) is 3.51. The fourth-order valence-electron chi connectivity index (χ4n) is 3.64. The monoisotopic (exact) mass is 489 g/mol. The minimum atomic E-state index is 0. The Balaban J connectivity index is 0.00000183. The molecule has 1 aromatic heterocycles. The summed E-state index contributed by atoms with van der Waals surface area (Å²) in [5.41, 5.74) is 3.71. The molecule has 3 aromatic rings. The lowest BCUT2D eigenvalue weighted by molar-refractivity contribution is 0.277. The molecule has 8 heteroatoms. The van der Waals surface area contributed by atoms with Gasteiger partial charge in [-0.3, -0.25) is 0 Å². The number of methoxy groups -OCH3 is 1. The van der Waals surface area contributed by atoms with E-state index in [1.54, 1.807) is 26.0 Å². The second kappa shape index (κ2) is 15.3. The first-order chi connectivity index (χ1) is 15.7. The number of rotatable bonds is 7. The van der Waals surface area contributed by atoms with E-state index in [0.29, 0.717) is 6.61 Å². The predicted octanol–water partition coefficient (Wildman–Crippen LogP) is 3.91. The van der Waals surface area contributed by atoms with Crippen LogP contribution in [0.25, 0.3) is 0 Å². The van der Waals surface area contributed by atoms with E-state index in [1.807, 2.05) is 6.20 Å². The van der Waals surface area contributed by atoms with Crippen LogP contribution in [0.3, 0.4) is 0 Å². The number of hydrogen-bond acceptors (Lipinski definition) is 6. The number of fused-ring (bicyclic) bond motifs is 1. The highest BCUT2D eigenvalue weighted by Gasteiger charge is 2.25. The molecule has 0 saturated heterocycles. The largest absolute Gasteiger partial charge is 0.488 e. The maximum Gasteiger partial charge on any atom is 0.172 e. The van der Waals surface area contributed by atoms with E-state index in [0.717, 1.165) is 36.8 Å². The van der Waals surface area contributed by atoms with E-state index in [1.165, 1.54) is 16.0 Å². The van der Waals surface area contributed by atoms with Crippen LogP contribution in [0.5, 0.6) is 5.75 Å². The summed E-state index contributed by atoms with van der Waals surface area (Å²) in [5.74, 6) is 1.81. The first kappa shape index (κ1) is 29.4. The Bertz CT molecular complexity index is 965. The lowest BCUT2D eigenvalue weighted by atomic mass is 10.1. The van der Waals surface area contributed by atoms with Gasteiger partial charge in [-0.2, -0.15) is 0 Å². The van der Waals surface area contributed by atoms with E-state index in [4.69, 9.17) is 9.72 Å². The van der Waals surface area contributed by atoms with Gasteiger partial charge in [0.05, 0.1) is 12.6 Å². The lowest BCUT2D eigenvalue weighted by Gasteiger charge is -2.35. The Morgan fingerprint density at radius 2 is 1.71 bits per heavy atom. The molecule has 1 aliphatic heterocycles. The molecule has 0 radical (unpaired) electrons. The van der Waals surface area contributed by atoms with Gasteiger partial charge in [0, 0.05) is 39.8 Å². The van der Waals surface area contributed by atoms with Crippen molar-refractivity contribution in [3.63, 3.8) is 0 Å². The Morgan fingerprint density at radius 3 is 2.35 bits per heavy atom. The normalized spacial score (nSPS) is 12.6. The Hall–Kier alpha value is -2.62. The van der Waals surface area contributed by atoms with Gasteiger partial charge in [0.25, 0.3) is 0 Å². The molecule has 0 spiro atoms. The molecular weight excluding hydrogens is 450 g/mol. The van der Waals surface area contributed by atoms with Crippen molar-refractivity contribution < 1.29 is 21.9 Å². The highest BCUT2D eigenvalue weighted by Crippen LogP contribution is 2.35. The summed E-state index contributed by atoms with van der Waals surface area (Å²) in [6, 6.07) is 21.6. The molecule has 188 valence electrons.